The predicted molar refractivity (Wildman–Crippen MR) is 185 cm³/mol. The van der Waals surface area contributed by atoms with Gasteiger partial charge in [-0.05, 0) is 38.5 Å². The number of carboxylic acids is 1. The molecule has 2 atom stereocenters. The smallest absolute Gasteiger partial charge is 0.306 e. The molecule has 0 bridgehead atoms. The fraction of sp³-hybridized carbons (Fsp3) is 0.816. The first-order valence-electron chi connectivity index (χ1n) is 18.4. The number of unbranched alkanes of at least 4 members (excludes halogenated alkanes) is 14. The van der Waals surface area contributed by atoms with Gasteiger partial charge < -0.3 is 28.6 Å². The van der Waals surface area contributed by atoms with Crippen LogP contribution in [0.1, 0.15) is 149 Å². The molecule has 0 saturated carbocycles. The SMILES string of the molecule is CCC/C=C\C/C=C\CCCCCCCC(=O)OC(COCCC(C(=O)[O-])[N+](C)(C)C)COC(=O)CCCCCCCCCCC. The first-order valence-corrected chi connectivity index (χ1v) is 18.4. The molecule has 0 amide bonds. The summed E-state index contributed by atoms with van der Waals surface area (Å²) in [6.45, 7) is 4.54. The predicted octanol–water partition coefficient (Wildman–Crippen LogP) is 7.63. The minimum absolute atomic E-state index is 0.0376. The molecule has 0 N–H and O–H groups in total. The number of hydrogen-bond donors (Lipinski definition) is 0. The summed E-state index contributed by atoms with van der Waals surface area (Å²) in [7, 11) is 5.39. The Morgan fingerprint density at radius 3 is 1.76 bits per heavy atom. The van der Waals surface area contributed by atoms with Gasteiger partial charge in [-0.2, -0.15) is 0 Å². The van der Waals surface area contributed by atoms with E-state index in [0.717, 1.165) is 70.6 Å². The van der Waals surface area contributed by atoms with Gasteiger partial charge in [0.25, 0.3) is 0 Å². The summed E-state index contributed by atoms with van der Waals surface area (Å²) >= 11 is 0. The largest absolute Gasteiger partial charge is 0.544 e. The first kappa shape index (κ1) is 43.8. The van der Waals surface area contributed by atoms with E-state index in [4.69, 9.17) is 14.2 Å². The van der Waals surface area contributed by atoms with Crippen molar-refractivity contribution in [2.45, 2.75) is 161 Å². The molecule has 0 spiro atoms. The number of ether oxygens (including phenoxy) is 3. The molecule has 0 saturated heterocycles. The Morgan fingerprint density at radius 1 is 0.652 bits per heavy atom. The van der Waals surface area contributed by atoms with E-state index in [1.807, 2.05) is 0 Å². The summed E-state index contributed by atoms with van der Waals surface area (Å²) in [4.78, 5) is 36.5. The van der Waals surface area contributed by atoms with Gasteiger partial charge in [-0.25, -0.2) is 0 Å². The van der Waals surface area contributed by atoms with Crippen LogP contribution in [0.4, 0.5) is 0 Å². The van der Waals surface area contributed by atoms with Crippen LogP contribution in [0.25, 0.3) is 0 Å². The van der Waals surface area contributed by atoms with E-state index in [-0.39, 0.29) is 42.7 Å². The standard InChI is InChI=1S/C38H69NO7/c1-6-8-10-12-14-16-17-18-19-21-23-25-27-29-37(41)46-34(32-44-31-30-35(38(42)43)39(3,4)5)33-45-36(40)28-26-24-22-20-15-13-11-9-7-2/h10,12,16-17,34-35H,6-9,11,13-15,18-33H2,1-5H3/b12-10-,17-16-. The molecule has 0 fully saturated rings. The van der Waals surface area contributed by atoms with Crippen LogP contribution >= 0.6 is 0 Å². The Morgan fingerprint density at radius 2 is 1.20 bits per heavy atom. The van der Waals surface area contributed by atoms with Crippen LogP contribution in [0, 0.1) is 0 Å². The van der Waals surface area contributed by atoms with Crippen molar-refractivity contribution in [3.8, 4) is 0 Å². The van der Waals surface area contributed by atoms with Gasteiger partial charge in [-0.15, -0.1) is 0 Å². The fourth-order valence-electron chi connectivity index (χ4n) is 5.17. The van der Waals surface area contributed by atoms with Crippen molar-refractivity contribution in [1.29, 1.82) is 0 Å². The van der Waals surface area contributed by atoms with Gasteiger partial charge in [0.1, 0.15) is 12.6 Å². The zero-order chi connectivity index (χ0) is 34.3. The van der Waals surface area contributed by atoms with Gasteiger partial charge in [0, 0.05) is 19.3 Å². The number of allylic oxidation sites excluding steroid dienone is 4. The number of hydrogen-bond acceptors (Lipinski definition) is 7. The lowest BCUT2D eigenvalue weighted by Crippen LogP contribution is -2.55. The molecule has 0 aliphatic carbocycles. The average molecular weight is 652 g/mol. The molecular weight excluding hydrogens is 582 g/mol. The molecule has 46 heavy (non-hydrogen) atoms. The third kappa shape index (κ3) is 28.1. The maximum Gasteiger partial charge on any atom is 0.306 e. The number of carboxylic acid groups (broad SMARTS) is 1. The highest BCUT2D eigenvalue weighted by atomic mass is 16.6. The molecule has 0 aliphatic heterocycles. The van der Waals surface area contributed by atoms with Crippen molar-refractivity contribution in [2.75, 3.05) is 41.0 Å². The lowest BCUT2D eigenvalue weighted by atomic mass is 10.1. The Balaban J connectivity index is 4.46. The Bertz CT molecular complexity index is 818. The van der Waals surface area contributed by atoms with E-state index < -0.39 is 18.1 Å². The van der Waals surface area contributed by atoms with Gasteiger partial charge >= 0.3 is 11.9 Å². The van der Waals surface area contributed by atoms with Crippen molar-refractivity contribution < 1.29 is 38.2 Å². The van der Waals surface area contributed by atoms with Crippen molar-refractivity contribution in [3.63, 3.8) is 0 Å². The lowest BCUT2D eigenvalue weighted by Gasteiger charge is -2.34. The van der Waals surface area contributed by atoms with E-state index in [1.165, 1.54) is 44.9 Å². The van der Waals surface area contributed by atoms with Crippen LogP contribution in [0.15, 0.2) is 24.3 Å². The third-order valence-electron chi connectivity index (χ3n) is 8.07. The van der Waals surface area contributed by atoms with Gasteiger partial charge in [0.05, 0.1) is 40.3 Å². The highest BCUT2D eigenvalue weighted by Gasteiger charge is 2.25. The lowest BCUT2D eigenvalue weighted by molar-refractivity contribution is -0.889. The zero-order valence-electron chi connectivity index (χ0n) is 30.2. The number of nitrogens with zero attached hydrogens (tertiary/aromatic N) is 1. The van der Waals surface area contributed by atoms with E-state index in [1.54, 1.807) is 21.1 Å². The normalized spacial score (nSPS) is 13.3. The van der Waals surface area contributed by atoms with Crippen LogP contribution < -0.4 is 5.11 Å². The Labute approximate surface area is 281 Å². The van der Waals surface area contributed by atoms with Crippen LogP contribution in [0.5, 0.6) is 0 Å². The Kier molecular flexibility index (Phi) is 28.7. The molecule has 0 heterocycles. The molecule has 0 aromatic rings. The summed E-state index contributed by atoms with van der Waals surface area (Å²) in [5.74, 6) is -1.76. The van der Waals surface area contributed by atoms with Crippen molar-refractivity contribution in [3.05, 3.63) is 24.3 Å². The first-order chi connectivity index (χ1) is 22.1. The molecule has 0 rings (SSSR count). The summed E-state index contributed by atoms with van der Waals surface area (Å²) in [5.41, 5.74) is 0. The molecule has 268 valence electrons. The second kappa shape index (κ2) is 30.2. The van der Waals surface area contributed by atoms with E-state index in [2.05, 4.69) is 38.2 Å². The fourth-order valence-corrected chi connectivity index (χ4v) is 5.17. The van der Waals surface area contributed by atoms with Crippen LogP contribution in [0.3, 0.4) is 0 Å². The quantitative estimate of drug-likeness (QED) is 0.0319. The molecule has 8 nitrogen and oxygen atoms in total. The van der Waals surface area contributed by atoms with Crippen LogP contribution in [-0.4, -0.2) is 75.5 Å². The van der Waals surface area contributed by atoms with Gasteiger partial charge in [0.15, 0.2) is 6.10 Å². The highest BCUT2D eigenvalue weighted by Crippen LogP contribution is 2.13. The summed E-state index contributed by atoms with van der Waals surface area (Å²) < 4.78 is 17.0. The number of aliphatic carboxylic acids is 1. The Hall–Kier alpha value is -2.19. The monoisotopic (exact) mass is 652 g/mol. The molecule has 0 aromatic heterocycles. The minimum Gasteiger partial charge on any atom is -0.544 e. The van der Waals surface area contributed by atoms with Crippen LogP contribution in [0.2, 0.25) is 0 Å². The van der Waals surface area contributed by atoms with Gasteiger partial charge in [0.2, 0.25) is 0 Å². The van der Waals surface area contributed by atoms with Crippen molar-refractivity contribution in [2.24, 2.45) is 0 Å². The van der Waals surface area contributed by atoms with E-state index in [0.29, 0.717) is 12.8 Å². The number of rotatable bonds is 32. The average Bonchev–Trinajstić information content (AvgIpc) is 3.00. The van der Waals surface area contributed by atoms with Gasteiger partial charge in [-0.1, -0.05) is 115 Å². The summed E-state index contributed by atoms with van der Waals surface area (Å²) in [6, 6.07) is -0.723. The molecule has 0 radical (unpaired) electrons. The summed E-state index contributed by atoms with van der Waals surface area (Å²) in [5, 5.41) is 11.5. The second-order valence-corrected chi connectivity index (χ2v) is 13.5. The number of likely N-dealkylation sites (N-methyl/N-ethyl adjacent to an activating group) is 1. The highest BCUT2D eigenvalue weighted by molar-refractivity contribution is 5.70. The topological polar surface area (TPSA) is 102 Å². The number of quaternary nitrogens is 1. The van der Waals surface area contributed by atoms with Crippen molar-refractivity contribution in [1.82, 2.24) is 0 Å². The third-order valence-corrected chi connectivity index (χ3v) is 8.07. The molecule has 0 aliphatic rings. The van der Waals surface area contributed by atoms with Crippen LogP contribution in [-0.2, 0) is 28.6 Å². The number of carbonyl (C=O) groups is 3. The summed E-state index contributed by atoms with van der Waals surface area (Å²) in [6.07, 6.45) is 29.1. The second-order valence-electron chi connectivity index (χ2n) is 13.5. The molecule has 8 heteroatoms. The van der Waals surface area contributed by atoms with E-state index >= 15 is 0 Å². The number of carbonyl (C=O) groups excluding carboxylic acids is 3. The van der Waals surface area contributed by atoms with Crippen molar-refractivity contribution >= 4 is 17.9 Å². The minimum atomic E-state index is -1.13. The molecular formula is C38H69NO7. The number of esters is 2. The zero-order valence-corrected chi connectivity index (χ0v) is 30.2. The maximum absolute atomic E-state index is 12.6. The molecule has 2 unspecified atom stereocenters. The maximum atomic E-state index is 12.6. The molecule has 0 aromatic carbocycles. The van der Waals surface area contributed by atoms with Gasteiger partial charge in [-0.3, -0.25) is 9.59 Å². The van der Waals surface area contributed by atoms with E-state index in [9.17, 15) is 19.5 Å².